The van der Waals surface area contributed by atoms with Crippen molar-refractivity contribution in [2.75, 3.05) is 5.75 Å². The fourth-order valence-corrected chi connectivity index (χ4v) is 3.35. The van der Waals surface area contributed by atoms with Crippen LogP contribution in [0.3, 0.4) is 0 Å². The number of carbonyl (C=O) groups is 1. The second kappa shape index (κ2) is 5.35. The van der Waals surface area contributed by atoms with Crippen LogP contribution in [0.15, 0.2) is 29.7 Å². The minimum absolute atomic E-state index is 0.0260. The molecule has 0 fully saturated rings. The first-order valence-electron chi connectivity index (χ1n) is 5.73. The van der Waals surface area contributed by atoms with Gasteiger partial charge in [-0.25, -0.2) is 8.42 Å². The zero-order chi connectivity index (χ0) is 14.0. The molecule has 1 atom stereocenters. The van der Waals surface area contributed by atoms with Gasteiger partial charge in [-0.3, -0.25) is 4.79 Å². The Balaban J connectivity index is 1.95. The summed E-state index contributed by atoms with van der Waals surface area (Å²) in [5.41, 5.74) is 0.815. The van der Waals surface area contributed by atoms with Gasteiger partial charge in [0.05, 0.1) is 12.2 Å². The van der Waals surface area contributed by atoms with Crippen LogP contribution in [0.25, 0.3) is 0 Å². The minimum atomic E-state index is -3.13. The molecule has 0 saturated carbocycles. The Bertz CT molecular complexity index is 634. The fourth-order valence-electron chi connectivity index (χ4n) is 1.84. The van der Waals surface area contributed by atoms with Gasteiger partial charge in [0.15, 0.2) is 9.84 Å². The van der Waals surface area contributed by atoms with E-state index in [1.165, 1.54) is 6.08 Å². The van der Waals surface area contributed by atoms with Gasteiger partial charge in [-0.2, -0.15) is 0 Å². The van der Waals surface area contributed by atoms with Crippen LogP contribution >= 0.6 is 11.6 Å². The third-order valence-electron chi connectivity index (χ3n) is 2.79. The van der Waals surface area contributed by atoms with E-state index in [2.05, 4.69) is 0 Å². The fraction of sp³-hybridized carbons (Fsp3) is 0.308. The lowest BCUT2D eigenvalue weighted by Crippen LogP contribution is -2.15. The Morgan fingerprint density at radius 2 is 2.21 bits per heavy atom. The van der Waals surface area contributed by atoms with E-state index in [0.717, 1.165) is 11.0 Å². The molecule has 0 aliphatic carbocycles. The molecule has 6 heteroatoms. The van der Waals surface area contributed by atoms with Gasteiger partial charge in [0.2, 0.25) is 0 Å². The third-order valence-corrected chi connectivity index (χ3v) is 4.68. The maximum absolute atomic E-state index is 11.7. The molecule has 0 spiro atoms. The summed E-state index contributed by atoms with van der Waals surface area (Å²) in [5, 5.41) is 1.75. The summed E-state index contributed by atoms with van der Waals surface area (Å²) >= 11 is 5.87. The second-order valence-corrected chi connectivity index (χ2v) is 6.85. The van der Waals surface area contributed by atoms with Crippen LogP contribution in [-0.4, -0.2) is 20.1 Å². The van der Waals surface area contributed by atoms with Gasteiger partial charge >= 0.3 is 5.97 Å². The van der Waals surface area contributed by atoms with Crippen LogP contribution in [0, 0.1) is 12.8 Å². The van der Waals surface area contributed by atoms with Gasteiger partial charge in [0.25, 0.3) is 0 Å². The minimum Gasteiger partial charge on any atom is -0.427 e. The monoisotopic (exact) mass is 300 g/mol. The molecular weight excluding hydrogens is 288 g/mol. The number of sulfone groups is 1. The van der Waals surface area contributed by atoms with Gasteiger partial charge in [-0.15, -0.1) is 0 Å². The molecule has 1 aliphatic rings. The zero-order valence-electron chi connectivity index (χ0n) is 10.3. The van der Waals surface area contributed by atoms with E-state index in [9.17, 15) is 13.2 Å². The van der Waals surface area contributed by atoms with Gasteiger partial charge in [0.1, 0.15) is 5.75 Å². The predicted octanol–water partition coefficient (Wildman–Crippen LogP) is 2.50. The van der Waals surface area contributed by atoms with Crippen molar-refractivity contribution in [2.45, 2.75) is 13.3 Å². The van der Waals surface area contributed by atoms with Gasteiger partial charge < -0.3 is 4.74 Å². The van der Waals surface area contributed by atoms with E-state index >= 15 is 0 Å². The van der Waals surface area contributed by atoms with Gasteiger partial charge in [0, 0.05) is 16.3 Å². The van der Waals surface area contributed by atoms with Gasteiger partial charge in [-0.05, 0) is 30.7 Å². The highest BCUT2D eigenvalue weighted by molar-refractivity contribution is 7.94. The number of esters is 1. The summed E-state index contributed by atoms with van der Waals surface area (Å²) in [6, 6.07) is 4.93. The molecular formula is C13H13ClO4S. The average Bonchev–Trinajstić information content (AvgIpc) is 2.63. The Kier molecular flexibility index (Phi) is 3.96. The van der Waals surface area contributed by atoms with E-state index in [-0.39, 0.29) is 18.1 Å². The zero-order valence-corrected chi connectivity index (χ0v) is 11.9. The number of ether oxygens (including phenoxy) is 1. The lowest BCUT2D eigenvalue weighted by atomic mass is 10.1. The molecule has 19 heavy (non-hydrogen) atoms. The number of carbonyl (C=O) groups excluding carboxylic acids is 1. The van der Waals surface area contributed by atoms with Crippen LogP contribution in [0.2, 0.25) is 5.02 Å². The molecule has 0 saturated heterocycles. The average molecular weight is 301 g/mol. The molecule has 4 nitrogen and oxygen atoms in total. The molecule has 0 bridgehead atoms. The largest absolute Gasteiger partial charge is 0.427 e. The number of allylic oxidation sites excluding steroid dienone is 1. The van der Waals surface area contributed by atoms with Crippen LogP contribution < -0.4 is 4.74 Å². The summed E-state index contributed by atoms with van der Waals surface area (Å²) in [7, 11) is -3.13. The van der Waals surface area contributed by atoms with Crippen molar-refractivity contribution in [1.29, 1.82) is 0 Å². The molecule has 0 radical (unpaired) electrons. The molecule has 0 amide bonds. The summed E-state index contributed by atoms with van der Waals surface area (Å²) < 4.78 is 27.6. The SMILES string of the molecule is Cc1cc(OC(=O)C[C@@H]2C=CS(=O)(=O)C2)ccc1Cl. The Labute approximate surface area is 116 Å². The van der Waals surface area contributed by atoms with Crippen molar-refractivity contribution in [1.82, 2.24) is 0 Å². The second-order valence-electron chi connectivity index (χ2n) is 4.51. The molecule has 1 aromatic carbocycles. The Morgan fingerprint density at radius 3 is 2.79 bits per heavy atom. The molecule has 1 aromatic rings. The Hall–Kier alpha value is -1.33. The van der Waals surface area contributed by atoms with Crippen molar-refractivity contribution in [2.24, 2.45) is 5.92 Å². The topological polar surface area (TPSA) is 60.4 Å². The highest BCUT2D eigenvalue weighted by atomic mass is 35.5. The Morgan fingerprint density at radius 1 is 1.47 bits per heavy atom. The number of hydrogen-bond donors (Lipinski definition) is 0. The van der Waals surface area contributed by atoms with Crippen LogP contribution in [-0.2, 0) is 14.6 Å². The number of aryl methyl sites for hydroxylation is 1. The van der Waals surface area contributed by atoms with E-state index in [0.29, 0.717) is 10.8 Å². The highest BCUT2D eigenvalue weighted by Gasteiger charge is 2.24. The molecule has 1 aliphatic heterocycles. The first-order valence-corrected chi connectivity index (χ1v) is 7.83. The van der Waals surface area contributed by atoms with Gasteiger partial charge in [-0.1, -0.05) is 17.7 Å². The molecule has 0 unspecified atom stereocenters. The van der Waals surface area contributed by atoms with E-state index < -0.39 is 15.8 Å². The quantitative estimate of drug-likeness (QED) is 0.635. The highest BCUT2D eigenvalue weighted by Crippen LogP contribution is 2.23. The number of halogens is 1. The van der Waals surface area contributed by atoms with E-state index in [1.54, 1.807) is 18.2 Å². The summed E-state index contributed by atoms with van der Waals surface area (Å²) in [6.07, 6.45) is 1.58. The van der Waals surface area contributed by atoms with Crippen molar-refractivity contribution >= 4 is 27.4 Å². The van der Waals surface area contributed by atoms with Crippen LogP contribution in [0.4, 0.5) is 0 Å². The van der Waals surface area contributed by atoms with E-state index in [4.69, 9.17) is 16.3 Å². The lowest BCUT2D eigenvalue weighted by molar-refractivity contribution is -0.134. The maximum Gasteiger partial charge on any atom is 0.311 e. The first kappa shape index (κ1) is 14.1. The van der Waals surface area contributed by atoms with Crippen molar-refractivity contribution in [3.63, 3.8) is 0 Å². The molecule has 1 heterocycles. The van der Waals surface area contributed by atoms with Crippen LogP contribution in [0.1, 0.15) is 12.0 Å². The number of hydrogen-bond acceptors (Lipinski definition) is 4. The summed E-state index contributed by atoms with van der Waals surface area (Å²) in [4.78, 5) is 11.7. The molecule has 0 N–H and O–H groups in total. The lowest BCUT2D eigenvalue weighted by Gasteiger charge is -2.08. The standard InChI is InChI=1S/C13H13ClO4S/c1-9-6-11(2-3-12(9)14)18-13(15)7-10-4-5-19(16,17)8-10/h2-6,10H,7-8H2,1H3/t10-/m0/s1. The van der Waals surface area contributed by atoms with Crippen molar-refractivity contribution < 1.29 is 17.9 Å². The summed E-state index contributed by atoms with van der Waals surface area (Å²) in [6.45, 7) is 1.81. The molecule has 102 valence electrons. The maximum atomic E-state index is 11.7. The van der Waals surface area contributed by atoms with E-state index in [1.807, 2.05) is 6.92 Å². The molecule has 0 aromatic heterocycles. The number of rotatable bonds is 3. The normalized spacial score (nSPS) is 20.4. The first-order chi connectivity index (χ1) is 8.85. The third kappa shape index (κ3) is 3.81. The van der Waals surface area contributed by atoms with Crippen molar-refractivity contribution in [3.05, 3.63) is 40.3 Å². The van der Waals surface area contributed by atoms with Crippen LogP contribution in [0.5, 0.6) is 5.75 Å². The van der Waals surface area contributed by atoms with Crippen molar-refractivity contribution in [3.8, 4) is 5.75 Å². The number of benzene rings is 1. The molecule has 2 rings (SSSR count). The smallest absolute Gasteiger partial charge is 0.311 e. The predicted molar refractivity (Wildman–Crippen MR) is 72.9 cm³/mol. The summed E-state index contributed by atoms with van der Waals surface area (Å²) in [5.74, 6) is -0.363.